The molecular weight excluding hydrogens is 268 g/mol. The number of guanidine groups is 1. The van der Waals surface area contributed by atoms with E-state index in [-0.39, 0.29) is 18.1 Å². The summed E-state index contributed by atoms with van der Waals surface area (Å²) in [5, 5.41) is 6.47. The van der Waals surface area contributed by atoms with Gasteiger partial charge in [0.15, 0.2) is 5.96 Å². The topological polar surface area (TPSA) is 66.0 Å². The molecule has 0 aromatic carbocycles. The zero-order valence-electron chi connectivity index (χ0n) is 13.3. The highest BCUT2D eigenvalue weighted by molar-refractivity contribution is 5.85. The molecule has 1 atom stereocenters. The van der Waals surface area contributed by atoms with Gasteiger partial charge in [-0.05, 0) is 39.5 Å². The van der Waals surface area contributed by atoms with Crippen LogP contribution in [0, 0.1) is 0 Å². The molecule has 0 bridgehead atoms. The van der Waals surface area contributed by atoms with Crippen molar-refractivity contribution in [1.29, 1.82) is 0 Å². The molecule has 2 rings (SSSR count). The van der Waals surface area contributed by atoms with Crippen molar-refractivity contribution < 1.29 is 9.53 Å². The van der Waals surface area contributed by atoms with Gasteiger partial charge in [0, 0.05) is 32.8 Å². The van der Waals surface area contributed by atoms with Gasteiger partial charge in [-0.25, -0.2) is 4.99 Å². The SMILES string of the molecule is CCNC(=NCC(=O)N1CCCC1)NCC1(C)CCCO1. The van der Waals surface area contributed by atoms with Crippen LogP contribution in [0.2, 0.25) is 0 Å². The Morgan fingerprint density at radius 3 is 2.67 bits per heavy atom. The summed E-state index contributed by atoms with van der Waals surface area (Å²) in [6.45, 7) is 8.44. The molecule has 0 radical (unpaired) electrons. The van der Waals surface area contributed by atoms with E-state index < -0.39 is 0 Å². The van der Waals surface area contributed by atoms with Gasteiger partial charge >= 0.3 is 0 Å². The number of ether oxygens (including phenoxy) is 1. The normalized spacial score (nSPS) is 26.2. The van der Waals surface area contributed by atoms with Crippen LogP contribution >= 0.6 is 0 Å². The van der Waals surface area contributed by atoms with E-state index in [1.165, 1.54) is 0 Å². The van der Waals surface area contributed by atoms with E-state index in [1.54, 1.807) is 0 Å². The summed E-state index contributed by atoms with van der Waals surface area (Å²) < 4.78 is 5.76. The molecule has 0 spiro atoms. The minimum atomic E-state index is -0.116. The highest BCUT2D eigenvalue weighted by atomic mass is 16.5. The second kappa shape index (κ2) is 7.64. The van der Waals surface area contributed by atoms with Crippen molar-refractivity contribution in [3.63, 3.8) is 0 Å². The third kappa shape index (κ3) is 4.88. The standard InChI is InChI=1S/C15H28N4O2/c1-3-16-14(18-12-15(2)7-6-10-21-15)17-11-13(20)19-8-4-5-9-19/h3-12H2,1-2H3,(H2,16,17,18). The summed E-state index contributed by atoms with van der Waals surface area (Å²) in [4.78, 5) is 18.3. The van der Waals surface area contributed by atoms with E-state index in [4.69, 9.17) is 4.74 Å². The quantitative estimate of drug-likeness (QED) is 0.580. The monoisotopic (exact) mass is 296 g/mol. The number of carbonyl (C=O) groups is 1. The molecule has 2 fully saturated rings. The second-order valence-corrected chi connectivity index (χ2v) is 6.04. The number of nitrogens with zero attached hydrogens (tertiary/aromatic N) is 2. The van der Waals surface area contributed by atoms with Crippen LogP contribution < -0.4 is 10.6 Å². The molecule has 2 aliphatic heterocycles. The van der Waals surface area contributed by atoms with Crippen LogP contribution in [0.1, 0.15) is 39.5 Å². The molecule has 0 saturated carbocycles. The lowest BCUT2D eigenvalue weighted by Gasteiger charge is -2.24. The first-order valence-electron chi connectivity index (χ1n) is 8.07. The minimum Gasteiger partial charge on any atom is -0.373 e. The first-order valence-corrected chi connectivity index (χ1v) is 8.07. The average Bonchev–Trinajstić information content (AvgIpc) is 3.13. The van der Waals surface area contributed by atoms with Crippen LogP contribution in [0.3, 0.4) is 0 Å². The molecule has 1 unspecified atom stereocenters. The fourth-order valence-electron chi connectivity index (χ4n) is 2.80. The lowest BCUT2D eigenvalue weighted by molar-refractivity contribution is -0.128. The van der Waals surface area contributed by atoms with Gasteiger partial charge < -0.3 is 20.3 Å². The predicted molar refractivity (Wildman–Crippen MR) is 83.4 cm³/mol. The fourth-order valence-corrected chi connectivity index (χ4v) is 2.80. The third-order valence-corrected chi connectivity index (χ3v) is 4.11. The van der Waals surface area contributed by atoms with Crippen molar-refractivity contribution in [1.82, 2.24) is 15.5 Å². The van der Waals surface area contributed by atoms with Crippen LogP contribution in [0.15, 0.2) is 4.99 Å². The van der Waals surface area contributed by atoms with Gasteiger partial charge in [0.2, 0.25) is 5.91 Å². The number of nitrogens with one attached hydrogen (secondary N) is 2. The molecule has 120 valence electrons. The van der Waals surface area contributed by atoms with Gasteiger partial charge in [0.05, 0.1) is 5.60 Å². The van der Waals surface area contributed by atoms with Crippen molar-refractivity contribution in [3.8, 4) is 0 Å². The van der Waals surface area contributed by atoms with E-state index in [0.29, 0.717) is 5.96 Å². The molecule has 0 aromatic heterocycles. The Labute approximate surface area is 127 Å². The molecule has 2 saturated heterocycles. The zero-order valence-corrected chi connectivity index (χ0v) is 13.3. The van der Waals surface area contributed by atoms with Gasteiger partial charge in [-0.15, -0.1) is 0 Å². The van der Waals surface area contributed by atoms with Crippen molar-refractivity contribution in [2.45, 2.75) is 45.1 Å². The number of likely N-dealkylation sites (tertiary alicyclic amines) is 1. The maximum Gasteiger partial charge on any atom is 0.244 e. The fraction of sp³-hybridized carbons (Fsp3) is 0.867. The molecule has 2 aliphatic rings. The van der Waals surface area contributed by atoms with Crippen molar-refractivity contribution in [3.05, 3.63) is 0 Å². The van der Waals surface area contributed by atoms with Crippen LogP contribution in [0.5, 0.6) is 0 Å². The van der Waals surface area contributed by atoms with E-state index in [1.807, 2.05) is 11.8 Å². The average molecular weight is 296 g/mol. The molecule has 6 heteroatoms. The molecule has 21 heavy (non-hydrogen) atoms. The number of aliphatic imine (C=N–C) groups is 1. The maximum atomic E-state index is 12.0. The zero-order chi connectivity index (χ0) is 15.1. The summed E-state index contributed by atoms with van der Waals surface area (Å²) in [5.74, 6) is 0.815. The van der Waals surface area contributed by atoms with E-state index in [2.05, 4.69) is 22.5 Å². The maximum absolute atomic E-state index is 12.0. The van der Waals surface area contributed by atoms with Gasteiger partial charge in [-0.2, -0.15) is 0 Å². The van der Waals surface area contributed by atoms with Gasteiger partial charge in [0.1, 0.15) is 6.54 Å². The van der Waals surface area contributed by atoms with Gasteiger partial charge in [0.25, 0.3) is 0 Å². The summed E-state index contributed by atoms with van der Waals surface area (Å²) in [6, 6.07) is 0. The first-order chi connectivity index (χ1) is 10.1. The highest BCUT2D eigenvalue weighted by Crippen LogP contribution is 2.23. The van der Waals surface area contributed by atoms with Crippen LogP contribution in [-0.2, 0) is 9.53 Å². The molecule has 2 heterocycles. The Bertz CT molecular complexity index is 372. The number of hydrogen-bond donors (Lipinski definition) is 2. The summed E-state index contributed by atoms with van der Waals surface area (Å²) in [7, 11) is 0. The number of amides is 1. The largest absolute Gasteiger partial charge is 0.373 e. The van der Waals surface area contributed by atoms with E-state index >= 15 is 0 Å². The smallest absolute Gasteiger partial charge is 0.244 e. The van der Waals surface area contributed by atoms with Crippen LogP contribution in [0.25, 0.3) is 0 Å². The molecule has 0 aliphatic carbocycles. The third-order valence-electron chi connectivity index (χ3n) is 4.11. The molecule has 0 aromatic rings. The predicted octanol–water partition coefficient (Wildman–Crippen LogP) is 0.733. The minimum absolute atomic E-state index is 0.116. The molecular formula is C15H28N4O2. The number of carbonyl (C=O) groups excluding carboxylic acids is 1. The lowest BCUT2D eigenvalue weighted by atomic mass is 10.0. The highest BCUT2D eigenvalue weighted by Gasteiger charge is 2.29. The Morgan fingerprint density at radius 1 is 1.29 bits per heavy atom. The first kappa shape index (κ1) is 16.1. The van der Waals surface area contributed by atoms with Gasteiger partial charge in [-0.1, -0.05) is 0 Å². The molecule has 2 N–H and O–H groups in total. The number of hydrogen-bond acceptors (Lipinski definition) is 3. The summed E-state index contributed by atoms with van der Waals surface area (Å²) in [6.07, 6.45) is 4.40. The van der Waals surface area contributed by atoms with Crippen molar-refractivity contribution >= 4 is 11.9 Å². The van der Waals surface area contributed by atoms with E-state index in [9.17, 15) is 4.79 Å². The Kier molecular flexibility index (Phi) is 5.85. The Balaban J connectivity index is 1.81. The summed E-state index contributed by atoms with van der Waals surface area (Å²) >= 11 is 0. The second-order valence-electron chi connectivity index (χ2n) is 6.04. The summed E-state index contributed by atoms with van der Waals surface area (Å²) in [5.41, 5.74) is -0.116. The van der Waals surface area contributed by atoms with Gasteiger partial charge in [-0.3, -0.25) is 4.79 Å². The van der Waals surface area contributed by atoms with E-state index in [0.717, 1.165) is 58.5 Å². The van der Waals surface area contributed by atoms with Crippen LogP contribution in [0.4, 0.5) is 0 Å². The van der Waals surface area contributed by atoms with Crippen molar-refractivity contribution in [2.24, 2.45) is 4.99 Å². The Hall–Kier alpha value is -1.30. The Morgan fingerprint density at radius 2 is 2.05 bits per heavy atom. The van der Waals surface area contributed by atoms with Crippen LogP contribution in [-0.4, -0.2) is 61.7 Å². The molecule has 1 amide bonds. The molecule has 6 nitrogen and oxygen atoms in total. The van der Waals surface area contributed by atoms with Crippen molar-refractivity contribution in [2.75, 3.05) is 39.3 Å². The lowest BCUT2D eigenvalue weighted by Crippen LogP contribution is -2.46. The number of rotatable bonds is 5.